The zero-order valence-corrected chi connectivity index (χ0v) is 13.4. The number of benzene rings is 1. The summed E-state index contributed by atoms with van der Waals surface area (Å²) in [7, 11) is 0. The summed E-state index contributed by atoms with van der Waals surface area (Å²) in [6.45, 7) is 2.72. The van der Waals surface area contributed by atoms with Crippen LogP contribution in [-0.4, -0.2) is 24.5 Å². The van der Waals surface area contributed by atoms with Gasteiger partial charge in [-0.1, -0.05) is 29.3 Å². The number of hydrogen-bond acceptors (Lipinski definition) is 2. The lowest BCUT2D eigenvalue weighted by Crippen LogP contribution is -2.34. The Hall–Kier alpha value is -0.580. The van der Waals surface area contributed by atoms with E-state index >= 15 is 0 Å². The molecule has 0 saturated heterocycles. The first-order valence-electron chi connectivity index (χ1n) is 6.05. The first-order valence-corrected chi connectivity index (χ1v) is 8.20. The summed E-state index contributed by atoms with van der Waals surface area (Å²) in [5.74, 6) is 1.54. The van der Waals surface area contributed by atoms with Gasteiger partial charge >= 0.3 is 0 Å². The topological polar surface area (TPSA) is 50.4 Å². The summed E-state index contributed by atoms with van der Waals surface area (Å²) < 4.78 is 0. The highest BCUT2D eigenvalue weighted by Crippen LogP contribution is 2.25. The molecule has 0 heterocycles. The second kappa shape index (κ2) is 8.56. The van der Waals surface area contributed by atoms with Crippen LogP contribution in [0.2, 0.25) is 10.0 Å². The Labute approximate surface area is 129 Å². The van der Waals surface area contributed by atoms with Crippen LogP contribution in [0.15, 0.2) is 23.2 Å². The molecule has 19 heavy (non-hydrogen) atoms. The molecule has 0 bridgehead atoms. The van der Waals surface area contributed by atoms with E-state index < -0.39 is 0 Å². The molecule has 3 N–H and O–H groups in total. The molecular weight excluding hydrogens is 301 g/mol. The van der Waals surface area contributed by atoms with E-state index in [1.54, 1.807) is 17.8 Å². The maximum absolute atomic E-state index is 6.15. The normalized spacial score (nSPS) is 13.4. The fraction of sp³-hybridized carbons (Fsp3) is 0.462. The summed E-state index contributed by atoms with van der Waals surface area (Å²) in [4.78, 5) is 4.28. The second-order valence-corrected chi connectivity index (χ2v) is 5.97. The highest BCUT2D eigenvalue weighted by Gasteiger charge is 2.10. The van der Waals surface area contributed by atoms with E-state index in [2.05, 4.69) is 16.6 Å². The van der Waals surface area contributed by atoms with Crippen LogP contribution in [0.3, 0.4) is 0 Å². The maximum atomic E-state index is 6.15. The van der Waals surface area contributed by atoms with Crippen molar-refractivity contribution in [1.29, 1.82) is 0 Å². The van der Waals surface area contributed by atoms with E-state index in [1.165, 1.54) is 0 Å². The van der Waals surface area contributed by atoms with Gasteiger partial charge in [0.1, 0.15) is 0 Å². The van der Waals surface area contributed by atoms with Crippen LogP contribution in [-0.2, 0) is 0 Å². The third-order valence-electron chi connectivity index (χ3n) is 2.58. The number of nitrogens with zero attached hydrogens (tertiary/aromatic N) is 1. The minimum atomic E-state index is -0.00549. The molecule has 1 aromatic rings. The Balaban J connectivity index is 2.56. The predicted octanol–water partition coefficient (Wildman–Crippen LogP) is 3.71. The van der Waals surface area contributed by atoms with Gasteiger partial charge in [-0.15, -0.1) is 0 Å². The van der Waals surface area contributed by atoms with E-state index in [4.69, 9.17) is 28.9 Å². The molecule has 0 aliphatic carbocycles. The Morgan fingerprint density at radius 2 is 2.21 bits per heavy atom. The van der Waals surface area contributed by atoms with Crippen LogP contribution in [0.25, 0.3) is 0 Å². The minimum Gasteiger partial charge on any atom is -0.370 e. The summed E-state index contributed by atoms with van der Waals surface area (Å²) in [6, 6.07) is 5.42. The monoisotopic (exact) mass is 319 g/mol. The van der Waals surface area contributed by atoms with Crippen LogP contribution in [0.5, 0.6) is 0 Å². The molecule has 1 atom stereocenters. The van der Waals surface area contributed by atoms with Crippen LogP contribution in [0.1, 0.15) is 24.9 Å². The highest BCUT2D eigenvalue weighted by atomic mass is 35.5. The third kappa shape index (κ3) is 5.93. The van der Waals surface area contributed by atoms with Gasteiger partial charge in [-0.25, -0.2) is 0 Å². The average Bonchev–Trinajstić information content (AvgIpc) is 2.34. The average molecular weight is 320 g/mol. The first kappa shape index (κ1) is 16.5. The van der Waals surface area contributed by atoms with Gasteiger partial charge in [-0.05, 0) is 43.0 Å². The van der Waals surface area contributed by atoms with Gasteiger partial charge in [0.15, 0.2) is 5.96 Å². The minimum absolute atomic E-state index is 0.00549. The molecule has 0 aromatic heterocycles. The van der Waals surface area contributed by atoms with E-state index in [0.29, 0.717) is 16.0 Å². The number of nitrogens with two attached hydrogens (primary N) is 1. The van der Waals surface area contributed by atoms with Crippen molar-refractivity contribution in [2.24, 2.45) is 10.7 Å². The van der Waals surface area contributed by atoms with Gasteiger partial charge in [-0.2, -0.15) is 11.8 Å². The number of halogens is 2. The van der Waals surface area contributed by atoms with Crippen molar-refractivity contribution < 1.29 is 0 Å². The molecule has 0 saturated carbocycles. The highest BCUT2D eigenvalue weighted by molar-refractivity contribution is 7.98. The van der Waals surface area contributed by atoms with Crippen molar-refractivity contribution in [2.75, 3.05) is 18.6 Å². The molecule has 1 rings (SSSR count). The quantitative estimate of drug-likeness (QED) is 0.477. The van der Waals surface area contributed by atoms with Gasteiger partial charge < -0.3 is 11.1 Å². The Morgan fingerprint density at radius 3 is 2.84 bits per heavy atom. The Bertz CT molecular complexity index is 438. The summed E-state index contributed by atoms with van der Waals surface area (Å²) in [5.41, 5.74) is 6.79. The number of thioether (sulfide) groups is 1. The fourth-order valence-electron chi connectivity index (χ4n) is 1.61. The number of hydrogen-bond donors (Lipinski definition) is 2. The van der Waals surface area contributed by atoms with Gasteiger partial charge in [0.2, 0.25) is 0 Å². The van der Waals surface area contributed by atoms with Crippen molar-refractivity contribution in [3.63, 3.8) is 0 Å². The second-order valence-electron chi connectivity index (χ2n) is 4.15. The lowest BCUT2D eigenvalue weighted by molar-refractivity contribution is 0.707. The van der Waals surface area contributed by atoms with E-state index in [1.807, 2.05) is 19.1 Å². The molecule has 1 unspecified atom stereocenters. The standard InChI is InChI=1S/C13H19Cl2N3S/c1-9(11-5-4-10(14)8-12(11)15)18-13(16)17-6-3-7-19-2/h4-5,8-9H,3,6-7H2,1-2H3,(H3,16,17,18). The Morgan fingerprint density at radius 1 is 1.47 bits per heavy atom. The lowest BCUT2D eigenvalue weighted by atomic mass is 10.1. The zero-order valence-electron chi connectivity index (χ0n) is 11.1. The molecule has 106 valence electrons. The van der Waals surface area contributed by atoms with Crippen molar-refractivity contribution >= 4 is 40.9 Å². The molecule has 0 fully saturated rings. The van der Waals surface area contributed by atoms with Gasteiger partial charge in [0.25, 0.3) is 0 Å². The fourth-order valence-corrected chi connectivity index (χ4v) is 2.60. The summed E-state index contributed by atoms with van der Waals surface area (Å²) in [5, 5.41) is 4.38. The van der Waals surface area contributed by atoms with Gasteiger partial charge in [-0.3, -0.25) is 4.99 Å². The molecule has 0 radical (unpaired) electrons. The molecule has 1 aromatic carbocycles. The number of nitrogens with one attached hydrogen (secondary N) is 1. The van der Waals surface area contributed by atoms with Crippen molar-refractivity contribution in [3.05, 3.63) is 33.8 Å². The smallest absolute Gasteiger partial charge is 0.189 e. The van der Waals surface area contributed by atoms with Crippen molar-refractivity contribution in [2.45, 2.75) is 19.4 Å². The molecule has 0 aliphatic heterocycles. The molecule has 0 aliphatic rings. The zero-order chi connectivity index (χ0) is 14.3. The van der Waals surface area contributed by atoms with Gasteiger partial charge in [0.05, 0.1) is 6.04 Å². The van der Waals surface area contributed by atoms with Crippen molar-refractivity contribution in [3.8, 4) is 0 Å². The van der Waals surface area contributed by atoms with E-state index in [9.17, 15) is 0 Å². The van der Waals surface area contributed by atoms with E-state index in [0.717, 1.165) is 24.3 Å². The van der Waals surface area contributed by atoms with Crippen LogP contribution < -0.4 is 11.1 Å². The van der Waals surface area contributed by atoms with Crippen LogP contribution in [0, 0.1) is 0 Å². The largest absolute Gasteiger partial charge is 0.370 e. The summed E-state index contributed by atoms with van der Waals surface area (Å²) in [6.07, 6.45) is 3.11. The van der Waals surface area contributed by atoms with E-state index in [-0.39, 0.29) is 6.04 Å². The molecule has 0 spiro atoms. The summed E-state index contributed by atoms with van der Waals surface area (Å²) >= 11 is 13.8. The van der Waals surface area contributed by atoms with Crippen molar-refractivity contribution in [1.82, 2.24) is 5.32 Å². The Kier molecular flexibility index (Phi) is 7.42. The van der Waals surface area contributed by atoms with Crippen LogP contribution >= 0.6 is 35.0 Å². The lowest BCUT2D eigenvalue weighted by Gasteiger charge is -2.16. The SMILES string of the molecule is CSCCCN=C(N)NC(C)c1ccc(Cl)cc1Cl. The molecular formula is C13H19Cl2N3S. The molecule has 6 heteroatoms. The third-order valence-corrected chi connectivity index (χ3v) is 3.84. The maximum Gasteiger partial charge on any atom is 0.189 e. The first-order chi connectivity index (χ1) is 9.04. The van der Waals surface area contributed by atoms with Crippen LogP contribution in [0.4, 0.5) is 0 Å². The molecule has 3 nitrogen and oxygen atoms in total. The number of rotatable bonds is 6. The molecule has 0 amide bonds. The van der Waals surface area contributed by atoms with Gasteiger partial charge in [0, 0.05) is 16.6 Å². The predicted molar refractivity (Wildman–Crippen MR) is 87.5 cm³/mol. The number of guanidine groups is 1. The number of aliphatic imine (C=N–C) groups is 1.